The Bertz CT molecular complexity index is 564. The van der Waals surface area contributed by atoms with Crippen LogP contribution < -0.4 is 16.0 Å². The number of rotatable bonds is 5. The number of carbonyl (C=O) groups is 1. The predicted molar refractivity (Wildman–Crippen MR) is 88.0 cm³/mol. The normalized spacial score (nSPS) is 10.2. The Hall–Kier alpha value is -2.49. The van der Waals surface area contributed by atoms with Crippen molar-refractivity contribution in [3.63, 3.8) is 0 Å². The van der Waals surface area contributed by atoms with Crippen molar-refractivity contribution in [2.75, 3.05) is 17.2 Å². The number of hydrogen-bond donors (Lipinski definition) is 3. The van der Waals surface area contributed by atoms with Crippen LogP contribution >= 0.6 is 0 Å². The second-order valence-electron chi connectivity index (χ2n) is 5.30. The van der Waals surface area contributed by atoms with Gasteiger partial charge in [0.2, 0.25) is 0 Å². The molecular formula is C17H21N3O. The minimum atomic E-state index is -0.174. The lowest BCUT2D eigenvalue weighted by molar-refractivity contribution is 0.251. The Morgan fingerprint density at radius 3 is 2.10 bits per heavy atom. The van der Waals surface area contributed by atoms with Crippen molar-refractivity contribution in [1.29, 1.82) is 0 Å². The van der Waals surface area contributed by atoms with E-state index in [9.17, 15) is 4.79 Å². The predicted octanol–water partition coefficient (Wildman–Crippen LogP) is 4.21. The lowest BCUT2D eigenvalue weighted by Gasteiger charge is -2.10. The molecule has 0 unspecified atom stereocenters. The van der Waals surface area contributed by atoms with E-state index in [1.807, 2.05) is 54.6 Å². The zero-order valence-corrected chi connectivity index (χ0v) is 12.4. The van der Waals surface area contributed by atoms with Crippen molar-refractivity contribution in [3.05, 3.63) is 54.6 Å². The molecule has 2 amide bonds. The highest BCUT2D eigenvalue weighted by atomic mass is 16.2. The molecule has 0 fully saturated rings. The van der Waals surface area contributed by atoms with Crippen LogP contribution in [0.4, 0.5) is 21.9 Å². The standard InChI is InChI=1S/C17H21N3O/c1-13(2)12-18-17(21)20-16-10-8-15(9-11-16)19-14-6-4-3-5-7-14/h3-11,13,19H,12H2,1-2H3,(H2,18,20,21). The number of anilines is 3. The molecule has 4 heteroatoms. The van der Waals surface area contributed by atoms with Crippen LogP contribution in [0.3, 0.4) is 0 Å². The Balaban J connectivity index is 1.88. The third-order valence-electron chi connectivity index (χ3n) is 2.88. The molecule has 0 spiro atoms. The van der Waals surface area contributed by atoms with E-state index < -0.39 is 0 Å². The smallest absolute Gasteiger partial charge is 0.319 e. The maximum absolute atomic E-state index is 11.7. The highest BCUT2D eigenvalue weighted by Crippen LogP contribution is 2.18. The van der Waals surface area contributed by atoms with Crippen LogP contribution in [0.5, 0.6) is 0 Å². The van der Waals surface area contributed by atoms with Gasteiger partial charge < -0.3 is 16.0 Å². The zero-order valence-electron chi connectivity index (χ0n) is 12.4. The molecule has 21 heavy (non-hydrogen) atoms. The summed E-state index contributed by atoms with van der Waals surface area (Å²) in [6.45, 7) is 4.79. The second kappa shape index (κ2) is 7.33. The van der Waals surface area contributed by atoms with E-state index in [2.05, 4.69) is 29.8 Å². The molecule has 0 saturated heterocycles. The molecule has 0 aliphatic carbocycles. The Morgan fingerprint density at radius 1 is 0.905 bits per heavy atom. The summed E-state index contributed by atoms with van der Waals surface area (Å²) in [5.41, 5.74) is 2.79. The molecule has 0 radical (unpaired) electrons. The fraction of sp³-hybridized carbons (Fsp3) is 0.235. The molecule has 0 heterocycles. The lowest BCUT2D eigenvalue weighted by atomic mass is 10.2. The summed E-state index contributed by atoms with van der Waals surface area (Å²) in [6.07, 6.45) is 0. The highest BCUT2D eigenvalue weighted by Gasteiger charge is 2.02. The van der Waals surface area contributed by atoms with E-state index in [1.165, 1.54) is 0 Å². The van der Waals surface area contributed by atoms with Gasteiger partial charge in [0.25, 0.3) is 0 Å². The number of para-hydroxylation sites is 1. The largest absolute Gasteiger partial charge is 0.356 e. The summed E-state index contributed by atoms with van der Waals surface area (Å²) in [5.74, 6) is 0.438. The molecule has 0 aliphatic heterocycles. The molecule has 3 N–H and O–H groups in total. The molecule has 0 aliphatic rings. The molecule has 2 aromatic rings. The van der Waals surface area contributed by atoms with Crippen LogP contribution in [0.25, 0.3) is 0 Å². The van der Waals surface area contributed by atoms with Gasteiger partial charge in [0.1, 0.15) is 0 Å². The molecule has 0 atom stereocenters. The van der Waals surface area contributed by atoms with Crippen LogP contribution in [0.15, 0.2) is 54.6 Å². The first-order chi connectivity index (χ1) is 10.1. The van der Waals surface area contributed by atoms with Crippen LogP contribution in [-0.2, 0) is 0 Å². The summed E-state index contributed by atoms with van der Waals surface area (Å²) in [6, 6.07) is 17.4. The third-order valence-corrected chi connectivity index (χ3v) is 2.88. The van der Waals surface area contributed by atoms with Gasteiger partial charge in [0.15, 0.2) is 0 Å². The molecule has 2 aromatic carbocycles. The van der Waals surface area contributed by atoms with E-state index in [0.29, 0.717) is 12.5 Å². The zero-order chi connectivity index (χ0) is 15.1. The van der Waals surface area contributed by atoms with Gasteiger partial charge in [-0.25, -0.2) is 4.79 Å². The van der Waals surface area contributed by atoms with Gasteiger partial charge in [-0.3, -0.25) is 0 Å². The van der Waals surface area contributed by atoms with Gasteiger partial charge in [-0.15, -0.1) is 0 Å². The second-order valence-corrected chi connectivity index (χ2v) is 5.30. The van der Waals surface area contributed by atoms with Gasteiger partial charge in [-0.2, -0.15) is 0 Å². The summed E-state index contributed by atoms with van der Waals surface area (Å²) in [5, 5.41) is 8.93. The van der Waals surface area contributed by atoms with Gasteiger partial charge in [-0.1, -0.05) is 32.0 Å². The summed E-state index contributed by atoms with van der Waals surface area (Å²) >= 11 is 0. The van der Waals surface area contributed by atoms with Gasteiger partial charge in [0.05, 0.1) is 0 Å². The lowest BCUT2D eigenvalue weighted by Crippen LogP contribution is -2.31. The third kappa shape index (κ3) is 5.18. The van der Waals surface area contributed by atoms with Gasteiger partial charge in [0, 0.05) is 23.6 Å². The maximum Gasteiger partial charge on any atom is 0.319 e. The summed E-state index contributed by atoms with van der Waals surface area (Å²) in [4.78, 5) is 11.7. The number of benzene rings is 2. The van der Waals surface area contributed by atoms with Crippen LogP contribution in [0.1, 0.15) is 13.8 Å². The van der Waals surface area contributed by atoms with Crippen molar-refractivity contribution < 1.29 is 4.79 Å². The molecule has 0 saturated carbocycles. The molecular weight excluding hydrogens is 262 g/mol. The van der Waals surface area contributed by atoms with Crippen molar-refractivity contribution in [1.82, 2.24) is 5.32 Å². The highest BCUT2D eigenvalue weighted by molar-refractivity contribution is 5.89. The monoisotopic (exact) mass is 283 g/mol. The first-order valence-corrected chi connectivity index (χ1v) is 7.10. The van der Waals surface area contributed by atoms with E-state index in [1.54, 1.807) is 0 Å². The van der Waals surface area contributed by atoms with Gasteiger partial charge >= 0.3 is 6.03 Å². The van der Waals surface area contributed by atoms with Crippen molar-refractivity contribution in [2.24, 2.45) is 5.92 Å². The van der Waals surface area contributed by atoms with Crippen molar-refractivity contribution in [3.8, 4) is 0 Å². The fourth-order valence-corrected chi connectivity index (χ4v) is 1.80. The first kappa shape index (κ1) is 14.9. The Kier molecular flexibility index (Phi) is 5.21. The molecule has 4 nitrogen and oxygen atoms in total. The number of urea groups is 1. The number of amides is 2. The molecule has 110 valence electrons. The molecule has 2 rings (SSSR count). The quantitative estimate of drug-likeness (QED) is 0.770. The van der Waals surface area contributed by atoms with Crippen LogP contribution in [0, 0.1) is 5.92 Å². The summed E-state index contributed by atoms with van der Waals surface area (Å²) in [7, 11) is 0. The SMILES string of the molecule is CC(C)CNC(=O)Nc1ccc(Nc2ccccc2)cc1. The number of hydrogen-bond acceptors (Lipinski definition) is 2. The van der Waals surface area contributed by atoms with E-state index in [4.69, 9.17) is 0 Å². The minimum Gasteiger partial charge on any atom is -0.356 e. The van der Waals surface area contributed by atoms with Crippen molar-refractivity contribution >= 4 is 23.1 Å². The molecule has 0 bridgehead atoms. The number of nitrogens with one attached hydrogen (secondary N) is 3. The van der Waals surface area contributed by atoms with Gasteiger partial charge in [-0.05, 0) is 42.3 Å². The minimum absolute atomic E-state index is 0.174. The first-order valence-electron chi connectivity index (χ1n) is 7.10. The Morgan fingerprint density at radius 2 is 1.48 bits per heavy atom. The van der Waals surface area contributed by atoms with Crippen LogP contribution in [0.2, 0.25) is 0 Å². The van der Waals surface area contributed by atoms with E-state index in [0.717, 1.165) is 17.1 Å². The van der Waals surface area contributed by atoms with Crippen LogP contribution in [-0.4, -0.2) is 12.6 Å². The number of carbonyl (C=O) groups excluding carboxylic acids is 1. The fourth-order valence-electron chi connectivity index (χ4n) is 1.80. The van der Waals surface area contributed by atoms with Crippen molar-refractivity contribution in [2.45, 2.75) is 13.8 Å². The Labute approximate surface area is 125 Å². The average Bonchev–Trinajstić information content (AvgIpc) is 2.48. The topological polar surface area (TPSA) is 53.2 Å². The average molecular weight is 283 g/mol. The maximum atomic E-state index is 11.7. The van der Waals surface area contributed by atoms with E-state index >= 15 is 0 Å². The van der Waals surface area contributed by atoms with E-state index in [-0.39, 0.29) is 6.03 Å². The summed E-state index contributed by atoms with van der Waals surface area (Å²) < 4.78 is 0. The molecule has 0 aromatic heterocycles.